The minimum atomic E-state index is 0.0378. The van der Waals surface area contributed by atoms with Gasteiger partial charge < -0.3 is 9.64 Å². The fourth-order valence-corrected chi connectivity index (χ4v) is 3.38. The molecule has 0 aliphatic heterocycles. The summed E-state index contributed by atoms with van der Waals surface area (Å²) in [6, 6.07) is 7.76. The molecule has 0 atom stereocenters. The van der Waals surface area contributed by atoms with Gasteiger partial charge in [-0.1, -0.05) is 12.1 Å². The normalized spacial score (nSPS) is 10.9. The van der Waals surface area contributed by atoms with E-state index in [1.54, 1.807) is 7.11 Å². The van der Waals surface area contributed by atoms with Gasteiger partial charge in [-0.25, -0.2) is 4.98 Å². The van der Waals surface area contributed by atoms with Crippen LogP contribution >= 0.6 is 11.3 Å². The Balaban J connectivity index is 2.01. The number of carbonyl (C=O) groups excluding carboxylic acids is 1. The lowest BCUT2D eigenvalue weighted by Gasteiger charge is -2.17. The monoisotopic (exact) mass is 329 g/mol. The second kappa shape index (κ2) is 6.42. The highest BCUT2D eigenvalue weighted by molar-refractivity contribution is 7.15. The summed E-state index contributed by atoms with van der Waals surface area (Å²) in [4.78, 5) is 19.8. The van der Waals surface area contributed by atoms with Gasteiger partial charge in [-0.15, -0.1) is 11.3 Å². The van der Waals surface area contributed by atoms with Crippen LogP contribution in [0.25, 0.3) is 16.2 Å². The van der Waals surface area contributed by atoms with Crippen LogP contribution in [0.4, 0.5) is 0 Å². The first-order valence-electron chi connectivity index (χ1n) is 7.58. The van der Waals surface area contributed by atoms with E-state index in [9.17, 15) is 4.79 Å². The van der Waals surface area contributed by atoms with Crippen molar-refractivity contribution in [2.75, 3.05) is 20.2 Å². The van der Waals surface area contributed by atoms with Crippen LogP contribution in [0, 0.1) is 0 Å². The molecule has 0 spiro atoms. The molecule has 0 radical (unpaired) electrons. The summed E-state index contributed by atoms with van der Waals surface area (Å²) >= 11 is 1.48. The van der Waals surface area contributed by atoms with Gasteiger partial charge in [-0.05, 0) is 26.0 Å². The van der Waals surface area contributed by atoms with Crippen molar-refractivity contribution in [3.63, 3.8) is 0 Å². The number of thiazole rings is 1. The van der Waals surface area contributed by atoms with Crippen LogP contribution in [-0.4, -0.2) is 40.4 Å². The molecule has 0 saturated heterocycles. The molecule has 5 nitrogen and oxygen atoms in total. The Morgan fingerprint density at radius 1 is 1.35 bits per heavy atom. The first-order chi connectivity index (χ1) is 11.2. The highest BCUT2D eigenvalue weighted by Gasteiger charge is 2.19. The molecule has 0 saturated carbocycles. The quantitative estimate of drug-likeness (QED) is 0.719. The van der Waals surface area contributed by atoms with Gasteiger partial charge in [-0.3, -0.25) is 9.20 Å². The SMILES string of the molecule is CCN(CC)C(=O)c1csc2nc(-c3cccc(OC)c3)cn12. The van der Waals surface area contributed by atoms with Crippen molar-refractivity contribution in [2.24, 2.45) is 0 Å². The average Bonchev–Trinajstić information content (AvgIpc) is 3.16. The van der Waals surface area contributed by atoms with E-state index in [-0.39, 0.29) is 5.91 Å². The van der Waals surface area contributed by atoms with E-state index in [0.29, 0.717) is 18.8 Å². The van der Waals surface area contributed by atoms with Crippen LogP contribution in [0.5, 0.6) is 5.75 Å². The molecular formula is C17H19N3O2S. The summed E-state index contributed by atoms with van der Waals surface area (Å²) in [6.07, 6.45) is 1.91. The van der Waals surface area contributed by atoms with E-state index in [1.165, 1.54) is 11.3 Å². The first kappa shape index (κ1) is 15.6. The number of nitrogens with zero attached hydrogens (tertiary/aromatic N) is 3. The molecule has 0 N–H and O–H groups in total. The zero-order valence-corrected chi connectivity index (χ0v) is 14.3. The Morgan fingerprint density at radius 3 is 2.83 bits per heavy atom. The van der Waals surface area contributed by atoms with Crippen molar-refractivity contribution < 1.29 is 9.53 Å². The second-order valence-corrected chi connectivity index (χ2v) is 5.95. The van der Waals surface area contributed by atoms with Crippen molar-refractivity contribution in [2.45, 2.75) is 13.8 Å². The summed E-state index contributed by atoms with van der Waals surface area (Å²) < 4.78 is 7.14. The summed E-state index contributed by atoms with van der Waals surface area (Å²) in [5.74, 6) is 0.828. The molecule has 0 aliphatic rings. The minimum Gasteiger partial charge on any atom is -0.497 e. The first-order valence-corrected chi connectivity index (χ1v) is 8.46. The van der Waals surface area contributed by atoms with E-state index >= 15 is 0 Å². The van der Waals surface area contributed by atoms with Gasteiger partial charge >= 0.3 is 0 Å². The van der Waals surface area contributed by atoms with Crippen molar-refractivity contribution in [3.8, 4) is 17.0 Å². The fraction of sp³-hybridized carbons (Fsp3) is 0.294. The predicted octanol–water partition coefficient (Wildman–Crippen LogP) is 3.55. The molecule has 6 heteroatoms. The van der Waals surface area contributed by atoms with Crippen LogP contribution in [0.1, 0.15) is 24.3 Å². The number of ether oxygens (including phenoxy) is 1. The van der Waals surface area contributed by atoms with Crippen molar-refractivity contribution in [3.05, 3.63) is 41.5 Å². The van der Waals surface area contributed by atoms with E-state index in [0.717, 1.165) is 22.0 Å². The van der Waals surface area contributed by atoms with Gasteiger partial charge in [0.05, 0.1) is 12.8 Å². The maximum atomic E-state index is 12.6. The molecule has 0 bridgehead atoms. The highest BCUT2D eigenvalue weighted by atomic mass is 32.1. The summed E-state index contributed by atoms with van der Waals surface area (Å²) in [6.45, 7) is 5.37. The summed E-state index contributed by atoms with van der Waals surface area (Å²) in [5, 5.41) is 1.87. The molecule has 120 valence electrons. The molecule has 3 aromatic rings. The van der Waals surface area contributed by atoms with E-state index in [1.807, 2.05) is 59.0 Å². The molecular weight excluding hydrogens is 310 g/mol. The van der Waals surface area contributed by atoms with Crippen molar-refractivity contribution >= 4 is 22.2 Å². The van der Waals surface area contributed by atoms with Gasteiger partial charge in [0, 0.05) is 30.2 Å². The minimum absolute atomic E-state index is 0.0378. The number of hydrogen-bond donors (Lipinski definition) is 0. The van der Waals surface area contributed by atoms with Crippen molar-refractivity contribution in [1.29, 1.82) is 0 Å². The van der Waals surface area contributed by atoms with Gasteiger partial charge in [0.1, 0.15) is 11.4 Å². The Morgan fingerprint density at radius 2 is 2.13 bits per heavy atom. The highest BCUT2D eigenvalue weighted by Crippen LogP contribution is 2.26. The Hall–Kier alpha value is -2.34. The lowest BCUT2D eigenvalue weighted by molar-refractivity contribution is 0.0766. The number of methoxy groups -OCH3 is 1. The average molecular weight is 329 g/mol. The zero-order valence-electron chi connectivity index (χ0n) is 13.4. The Bertz CT molecular complexity index is 833. The number of rotatable bonds is 5. The van der Waals surface area contributed by atoms with Gasteiger partial charge in [-0.2, -0.15) is 0 Å². The summed E-state index contributed by atoms with van der Waals surface area (Å²) in [5.41, 5.74) is 2.47. The second-order valence-electron chi connectivity index (χ2n) is 5.11. The maximum absolute atomic E-state index is 12.6. The molecule has 2 aromatic heterocycles. The number of hydrogen-bond acceptors (Lipinski definition) is 4. The standard InChI is InChI=1S/C17H19N3O2S/c1-4-19(5-2)16(21)15-11-23-17-18-14(10-20(15)17)12-7-6-8-13(9-12)22-3/h6-11H,4-5H2,1-3H3. The number of imidazole rings is 1. The lowest BCUT2D eigenvalue weighted by atomic mass is 10.1. The molecule has 2 heterocycles. The van der Waals surface area contributed by atoms with Crippen LogP contribution in [0.3, 0.4) is 0 Å². The number of aromatic nitrogens is 2. The Kier molecular flexibility index (Phi) is 4.34. The van der Waals surface area contributed by atoms with E-state index in [2.05, 4.69) is 4.98 Å². The van der Waals surface area contributed by atoms with E-state index in [4.69, 9.17) is 4.74 Å². The fourth-order valence-electron chi connectivity index (χ4n) is 2.53. The molecule has 0 unspecified atom stereocenters. The maximum Gasteiger partial charge on any atom is 0.271 e. The Labute approximate surface area is 139 Å². The number of benzene rings is 1. The topological polar surface area (TPSA) is 46.8 Å². The third-order valence-electron chi connectivity index (χ3n) is 3.84. The number of fused-ring (bicyclic) bond motifs is 1. The molecule has 23 heavy (non-hydrogen) atoms. The molecule has 1 aromatic carbocycles. The molecule has 1 amide bonds. The summed E-state index contributed by atoms with van der Waals surface area (Å²) in [7, 11) is 1.64. The van der Waals surface area contributed by atoms with Crippen LogP contribution in [0.2, 0.25) is 0 Å². The van der Waals surface area contributed by atoms with Gasteiger partial charge in [0.25, 0.3) is 5.91 Å². The molecule has 3 rings (SSSR count). The van der Waals surface area contributed by atoms with Gasteiger partial charge in [0.15, 0.2) is 4.96 Å². The predicted molar refractivity (Wildman–Crippen MR) is 92.3 cm³/mol. The number of carbonyl (C=O) groups is 1. The van der Waals surface area contributed by atoms with E-state index < -0.39 is 0 Å². The lowest BCUT2D eigenvalue weighted by Crippen LogP contribution is -2.31. The largest absolute Gasteiger partial charge is 0.497 e. The third kappa shape index (κ3) is 2.82. The van der Waals surface area contributed by atoms with Crippen LogP contribution in [-0.2, 0) is 0 Å². The van der Waals surface area contributed by atoms with Crippen LogP contribution < -0.4 is 4.74 Å². The smallest absolute Gasteiger partial charge is 0.271 e. The third-order valence-corrected chi connectivity index (χ3v) is 4.68. The van der Waals surface area contributed by atoms with Gasteiger partial charge in [0.2, 0.25) is 0 Å². The molecule has 0 aliphatic carbocycles. The molecule has 0 fully saturated rings. The van der Waals surface area contributed by atoms with Crippen LogP contribution in [0.15, 0.2) is 35.8 Å². The number of amides is 1. The zero-order chi connectivity index (χ0) is 16.4. The van der Waals surface area contributed by atoms with Crippen molar-refractivity contribution in [1.82, 2.24) is 14.3 Å².